The molecule has 2 rings (SSSR count). The summed E-state index contributed by atoms with van der Waals surface area (Å²) in [6.07, 6.45) is 3.61. The fraction of sp³-hybridized carbons (Fsp3) is 0.364. The maximum atomic E-state index is 5.80. The van der Waals surface area contributed by atoms with Crippen molar-refractivity contribution in [3.05, 3.63) is 23.6 Å². The van der Waals surface area contributed by atoms with Gasteiger partial charge in [-0.1, -0.05) is 11.6 Å². The van der Waals surface area contributed by atoms with Crippen LogP contribution in [-0.4, -0.2) is 19.7 Å². The van der Waals surface area contributed by atoms with E-state index in [2.05, 4.69) is 41.2 Å². The predicted molar refractivity (Wildman–Crippen MR) is 72.0 cm³/mol. The lowest BCUT2D eigenvalue weighted by Crippen LogP contribution is -2.21. The van der Waals surface area contributed by atoms with Crippen molar-refractivity contribution in [3.63, 3.8) is 0 Å². The molecule has 3 N–H and O–H groups in total. The van der Waals surface area contributed by atoms with Gasteiger partial charge in [-0.05, 0) is 20.8 Å². The minimum absolute atomic E-state index is 0.0672. The van der Waals surface area contributed by atoms with Crippen LogP contribution in [0.5, 0.6) is 0 Å². The molecule has 0 spiro atoms. The number of anilines is 3. The van der Waals surface area contributed by atoms with Crippen LogP contribution in [-0.2, 0) is 5.54 Å². The first-order valence-electron chi connectivity index (χ1n) is 5.47. The summed E-state index contributed by atoms with van der Waals surface area (Å²) in [5, 5.41) is 7.65. The van der Waals surface area contributed by atoms with Gasteiger partial charge in [0.25, 0.3) is 0 Å². The largest absolute Gasteiger partial charge is 0.368 e. The number of halogens is 1. The number of rotatable bonds is 2. The summed E-state index contributed by atoms with van der Waals surface area (Å²) in [5.74, 6) is 0.675. The first kappa shape index (κ1) is 12.6. The zero-order valence-corrected chi connectivity index (χ0v) is 11.2. The van der Waals surface area contributed by atoms with Gasteiger partial charge in [0.1, 0.15) is 11.0 Å². The van der Waals surface area contributed by atoms with Crippen molar-refractivity contribution in [2.24, 2.45) is 0 Å². The summed E-state index contributed by atoms with van der Waals surface area (Å²) in [4.78, 5) is 7.83. The van der Waals surface area contributed by atoms with Gasteiger partial charge >= 0.3 is 0 Å². The predicted octanol–water partition coefficient (Wildman–Crippen LogP) is 2.41. The standard InChI is InChI=1S/C11H15ClN6/c1-11(2,3)18-6-7(5-14-18)15-9-4-8(12)16-10(13)17-9/h4-6H,1-3H3,(H3,13,15,16,17). The zero-order chi connectivity index (χ0) is 13.3. The van der Waals surface area contributed by atoms with Gasteiger partial charge in [0.15, 0.2) is 0 Å². The van der Waals surface area contributed by atoms with E-state index in [0.717, 1.165) is 5.69 Å². The van der Waals surface area contributed by atoms with Crippen LogP contribution in [0.15, 0.2) is 18.5 Å². The summed E-state index contributed by atoms with van der Waals surface area (Å²) in [6, 6.07) is 1.60. The smallest absolute Gasteiger partial charge is 0.223 e. The molecule has 7 heteroatoms. The first-order valence-corrected chi connectivity index (χ1v) is 5.84. The van der Waals surface area contributed by atoms with Gasteiger partial charge in [-0.25, -0.2) is 4.98 Å². The van der Waals surface area contributed by atoms with Crippen LogP contribution in [0, 0.1) is 0 Å². The molecule has 2 heterocycles. The molecule has 0 atom stereocenters. The second kappa shape index (κ2) is 4.45. The maximum absolute atomic E-state index is 5.80. The van der Waals surface area contributed by atoms with Gasteiger partial charge in [0.05, 0.1) is 17.4 Å². The molecule has 0 saturated heterocycles. The lowest BCUT2D eigenvalue weighted by Gasteiger charge is -2.18. The molecular formula is C11H15ClN6. The molecular weight excluding hydrogens is 252 g/mol. The Morgan fingerprint density at radius 1 is 1.33 bits per heavy atom. The van der Waals surface area contributed by atoms with Crippen molar-refractivity contribution in [2.45, 2.75) is 26.3 Å². The Hall–Kier alpha value is -1.82. The van der Waals surface area contributed by atoms with Crippen LogP contribution in [0.4, 0.5) is 17.5 Å². The van der Waals surface area contributed by atoms with Crippen LogP contribution >= 0.6 is 11.6 Å². The van der Waals surface area contributed by atoms with Crippen molar-refractivity contribution in [3.8, 4) is 0 Å². The Balaban J connectivity index is 2.21. The minimum atomic E-state index is -0.0672. The molecule has 0 amide bonds. The topological polar surface area (TPSA) is 81.7 Å². The Labute approximate surface area is 110 Å². The van der Waals surface area contributed by atoms with Crippen molar-refractivity contribution in [2.75, 3.05) is 11.1 Å². The molecule has 2 aromatic rings. The van der Waals surface area contributed by atoms with Crippen LogP contribution < -0.4 is 11.1 Å². The molecule has 6 nitrogen and oxygen atoms in total. The molecule has 0 aromatic carbocycles. The number of nitrogen functional groups attached to an aromatic ring is 1. The Kier molecular flexibility index (Phi) is 3.13. The Bertz CT molecular complexity index is 537. The van der Waals surface area contributed by atoms with Gasteiger partial charge in [0.2, 0.25) is 5.95 Å². The summed E-state index contributed by atoms with van der Waals surface area (Å²) >= 11 is 5.80. The highest BCUT2D eigenvalue weighted by molar-refractivity contribution is 6.29. The maximum Gasteiger partial charge on any atom is 0.223 e. The highest BCUT2D eigenvalue weighted by Crippen LogP contribution is 2.20. The van der Waals surface area contributed by atoms with Crippen molar-refractivity contribution >= 4 is 29.1 Å². The van der Waals surface area contributed by atoms with Crippen LogP contribution in [0.3, 0.4) is 0 Å². The second-order valence-corrected chi connectivity index (χ2v) is 5.29. The van der Waals surface area contributed by atoms with Crippen molar-refractivity contribution in [1.82, 2.24) is 19.7 Å². The minimum Gasteiger partial charge on any atom is -0.368 e. The fourth-order valence-electron chi connectivity index (χ4n) is 1.40. The van der Waals surface area contributed by atoms with Crippen LogP contribution in [0.25, 0.3) is 0 Å². The summed E-state index contributed by atoms with van der Waals surface area (Å²) < 4.78 is 1.86. The normalized spacial score (nSPS) is 11.6. The molecule has 0 aliphatic heterocycles. The molecule has 0 saturated carbocycles. The van der Waals surface area contributed by atoms with E-state index in [0.29, 0.717) is 11.0 Å². The SMILES string of the molecule is CC(C)(C)n1cc(Nc2cc(Cl)nc(N)n2)cn1. The van der Waals surface area contributed by atoms with Gasteiger partial charge in [0, 0.05) is 12.3 Å². The number of nitrogens with zero attached hydrogens (tertiary/aromatic N) is 4. The monoisotopic (exact) mass is 266 g/mol. The number of nitrogens with one attached hydrogen (secondary N) is 1. The first-order chi connectivity index (χ1) is 8.34. The summed E-state index contributed by atoms with van der Waals surface area (Å²) in [7, 11) is 0. The molecule has 2 aromatic heterocycles. The average molecular weight is 267 g/mol. The third-order valence-electron chi connectivity index (χ3n) is 2.25. The van der Waals surface area contributed by atoms with Crippen molar-refractivity contribution < 1.29 is 0 Å². The molecule has 0 aliphatic carbocycles. The second-order valence-electron chi connectivity index (χ2n) is 4.90. The number of aromatic nitrogens is 4. The molecule has 0 fully saturated rings. The number of hydrogen-bond acceptors (Lipinski definition) is 5. The molecule has 0 aliphatic rings. The average Bonchev–Trinajstić information content (AvgIpc) is 2.63. The van der Waals surface area contributed by atoms with Gasteiger partial charge in [-0.2, -0.15) is 10.1 Å². The molecule has 0 bridgehead atoms. The molecule has 96 valence electrons. The van der Waals surface area contributed by atoms with E-state index in [-0.39, 0.29) is 11.5 Å². The van der Waals surface area contributed by atoms with E-state index in [1.807, 2.05) is 10.9 Å². The number of hydrogen-bond donors (Lipinski definition) is 2. The zero-order valence-electron chi connectivity index (χ0n) is 10.5. The van der Waals surface area contributed by atoms with Crippen molar-refractivity contribution in [1.29, 1.82) is 0 Å². The van der Waals surface area contributed by atoms with Crippen LogP contribution in [0.2, 0.25) is 5.15 Å². The summed E-state index contributed by atoms with van der Waals surface area (Å²) in [5.41, 5.74) is 6.27. The molecule has 0 radical (unpaired) electrons. The highest BCUT2D eigenvalue weighted by Gasteiger charge is 2.14. The van der Waals surface area contributed by atoms with Gasteiger partial charge < -0.3 is 11.1 Å². The van der Waals surface area contributed by atoms with E-state index in [4.69, 9.17) is 17.3 Å². The lowest BCUT2D eigenvalue weighted by molar-refractivity contribution is 0.355. The van der Waals surface area contributed by atoms with E-state index < -0.39 is 0 Å². The van der Waals surface area contributed by atoms with E-state index in [9.17, 15) is 0 Å². The lowest BCUT2D eigenvalue weighted by atomic mass is 10.1. The van der Waals surface area contributed by atoms with Gasteiger partial charge in [-0.15, -0.1) is 0 Å². The molecule has 18 heavy (non-hydrogen) atoms. The highest BCUT2D eigenvalue weighted by atomic mass is 35.5. The third kappa shape index (κ3) is 2.89. The summed E-state index contributed by atoms with van der Waals surface area (Å²) in [6.45, 7) is 6.22. The quantitative estimate of drug-likeness (QED) is 0.816. The van der Waals surface area contributed by atoms with Gasteiger partial charge in [-0.3, -0.25) is 4.68 Å². The molecule has 0 unspecified atom stereocenters. The third-order valence-corrected chi connectivity index (χ3v) is 2.45. The Morgan fingerprint density at radius 2 is 2.06 bits per heavy atom. The fourth-order valence-corrected chi connectivity index (χ4v) is 1.59. The number of nitrogens with two attached hydrogens (primary N) is 1. The van der Waals surface area contributed by atoms with E-state index in [1.165, 1.54) is 0 Å². The van der Waals surface area contributed by atoms with E-state index >= 15 is 0 Å². The Morgan fingerprint density at radius 3 is 2.61 bits per heavy atom. The van der Waals surface area contributed by atoms with E-state index in [1.54, 1.807) is 12.3 Å². The van der Waals surface area contributed by atoms with Crippen LogP contribution in [0.1, 0.15) is 20.8 Å².